The van der Waals surface area contributed by atoms with Gasteiger partial charge in [0.2, 0.25) is 0 Å². The van der Waals surface area contributed by atoms with Gasteiger partial charge in [0.1, 0.15) is 5.75 Å². The summed E-state index contributed by atoms with van der Waals surface area (Å²) in [6.45, 7) is 0. The van der Waals surface area contributed by atoms with Gasteiger partial charge < -0.3 is 4.74 Å². The summed E-state index contributed by atoms with van der Waals surface area (Å²) in [5.41, 5.74) is 7.34. The third-order valence-electron chi connectivity index (χ3n) is 6.29. The molecule has 1 aliphatic heterocycles. The number of allylic oxidation sites excluding steroid dienone is 1. The van der Waals surface area contributed by atoms with Crippen LogP contribution >= 0.6 is 15.9 Å². The Kier molecular flexibility index (Phi) is 5.09. The van der Waals surface area contributed by atoms with Gasteiger partial charge in [0.25, 0.3) is 0 Å². The van der Waals surface area contributed by atoms with E-state index in [0.29, 0.717) is 0 Å². The summed E-state index contributed by atoms with van der Waals surface area (Å²) in [4.78, 5) is 0. The summed E-state index contributed by atoms with van der Waals surface area (Å²) >= 11 is 3.61. The normalized spacial score (nSPS) is 14.6. The van der Waals surface area contributed by atoms with Crippen LogP contribution in [0, 0.1) is 0 Å². The highest BCUT2D eigenvalue weighted by atomic mass is 79.9. The summed E-state index contributed by atoms with van der Waals surface area (Å²) in [5, 5.41) is 2.42. The summed E-state index contributed by atoms with van der Waals surface area (Å²) < 4.78 is 7.03. The first-order chi connectivity index (χ1) is 16.3. The number of hydrogen-bond acceptors (Lipinski definition) is 1. The standard InChI is InChI=1S/C31H21BrO/c32-27-12-13-28-23(20-27)11-14-30-31(28)29(15-16-33-30)26-18-24(21-7-3-1-4-8-21)17-25(19-26)22-9-5-2-6-10-22/h1-20,29H/t29-/m1/s1. The first kappa shape index (κ1) is 20.0. The van der Waals surface area contributed by atoms with Crippen molar-refractivity contribution in [2.45, 2.75) is 5.92 Å². The monoisotopic (exact) mass is 488 g/mol. The Hall–Kier alpha value is -3.62. The van der Waals surface area contributed by atoms with Gasteiger partial charge in [0.05, 0.1) is 6.26 Å². The fourth-order valence-corrected chi connectivity index (χ4v) is 5.10. The van der Waals surface area contributed by atoms with Crippen molar-refractivity contribution in [3.63, 3.8) is 0 Å². The van der Waals surface area contributed by atoms with E-state index in [1.165, 1.54) is 44.2 Å². The van der Waals surface area contributed by atoms with Crippen molar-refractivity contribution in [2.24, 2.45) is 0 Å². The van der Waals surface area contributed by atoms with Crippen molar-refractivity contribution in [1.29, 1.82) is 0 Å². The lowest BCUT2D eigenvalue weighted by Crippen LogP contribution is -2.07. The molecular weight excluding hydrogens is 468 g/mol. The molecule has 0 N–H and O–H groups in total. The molecule has 158 valence electrons. The average molecular weight is 489 g/mol. The van der Waals surface area contributed by atoms with Gasteiger partial charge in [-0.1, -0.05) is 101 Å². The largest absolute Gasteiger partial charge is 0.465 e. The fraction of sp³-hybridized carbons (Fsp3) is 0.0323. The zero-order valence-corrected chi connectivity index (χ0v) is 19.5. The van der Waals surface area contributed by atoms with Crippen molar-refractivity contribution in [1.82, 2.24) is 0 Å². The first-order valence-electron chi connectivity index (χ1n) is 11.1. The van der Waals surface area contributed by atoms with Crippen LogP contribution in [0.5, 0.6) is 5.75 Å². The molecule has 1 aliphatic rings. The highest BCUT2D eigenvalue weighted by Crippen LogP contribution is 2.43. The summed E-state index contributed by atoms with van der Waals surface area (Å²) in [5.74, 6) is 1.02. The van der Waals surface area contributed by atoms with Gasteiger partial charge in [-0.25, -0.2) is 0 Å². The summed E-state index contributed by atoms with van der Waals surface area (Å²) in [6.07, 6.45) is 4.00. The second kappa shape index (κ2) is 8.38. The number of benzene rings is 5. The molecule has 0 aliphatic carbocycles. The van der Waals surface area contributed by atoms with Crippen molar-refractivity contribution in [3.05, 3.63) is 137 Å². The SMILES string of the molecule is Brc1ccc2c3c(ccc2c1)OC=C[C@@H]3c1cc(-c2ccccc2)cc(-c2ccccc2)c1. The molecule has 0 fully saturated rings. The van der Waals surface area contributed by atoms with E-state index in [9.17, 15) is 0 Å². The number of fused-ring (bicyclic) bond motifs is 3. The molecule has 5 aromatic carbocycles. The number of rotatable bonds is 3. The Balaban J connectivity index is 1.59. The number of hydrogen-bond donors (Lipinski definition) is 0. The summed E-state index contributed by atoms with van der Waals surface area (Å²) in [7, 11) is 0. The molecule has 0 spiro atoms. The lowest BCUT2D eigenvalue weighted by Gasteiger charge is -2.24. The molecule has 0 saturated carbocycles. The molecule has 1 heterocycles. The van der Waals surface area contributed by atoms with Gasteiger partial charge in [-0.3, -0.25) is 0 Å². The topological polar surface area (TPSA) is 9.23 Å². The maximum atomic E-state index is 5.95. The molecule has 5 aromatic rings. The average Bonchev–Trinajstić information content (AvgIpc) is 2.89. The van der Waals surface area contributed by atoms with E-state index in [1.54, 1.807) is 0 Å². The van der Waals surface area contributed by atoms with Crippen LogP contribution in [0.4, 0.5) is 0 Å². The molecule has 6 rings (SSSR count). The molecule has 0 aromatic heterocycles. The van der Waals surface area contributed by atoms with Crippen LogP contribution < -0.4 is 4.74 Å². The molecule has 0 amide bonds. The second-order valence-electron chi connectivity index (χ2n) is 8.34. The molecule has 0 radical (unpaired) electrons. The van der Waals surface area contributed by atoms with E-state index < -0.39 is 0 Å². The van der Waals surface area contributed by atoms with E-state index >= 15 is 0 Å². The van der Waals surface area contributed by atoms with Crippen molar-refractivity contribution >= 4 is 26.7 Å². The highest BCUT2D eigenvalue weighted by Gasteiger charge is 2.23. The first-order valence-corrected chi connectivity index (χ1v) is 11.9. The van der Waals surface area contributed by atoms with Crippen LogP contribution in [0.2, 0.25) is 0 Å². The van der Waals surface area contributed by atoms with E-state index in [2.05, 4.69) is 131 Å². The molecule has 0 saturated heterocycles. The van der Waals surface area contributed by atoms with Crippen molar-refractivity contribution < 1.29 is 4.74 Å². The van der Waals surface area contributed by atoms with Crippen LogP contribution in [0.3, 0.4) is 0 Å². The fourth-order valence-electron chi connectivity index (χ4n) is 4.72. The Bertz CT molecular complexity index is 1430. The van der Waals surface area contributed by atoms with E-state index in [0.717, 1.165) is 10.2 Å². The Morgan fingerprint density at radius 1 is 0.606 bits per heavy atom. The molecule has 33 heavy (non-hydrogen) atoms. The van der Waals surface area contributed by atoms with Gasteiger partial charge in [0.15, 0.2) is 0 Å². The third-order valence-corrected chi connectivity index (χ3v) is 6.78. The van der Waals surface area contributed by atoms with Crippen LogP contribution in [0.15, 0.2) is 126 Å². The smallest absolute Gasteiger partial charge is 0.131 e. The third kappa shape index (κ3) is 3.77. The van der Waals surface area contributed by atoms with Gasteiger partial charge in [-0.2, -0.15) is 0 Å². The quantitative estimate of drug-likeness (QED) is 0.246. The van der Waals surface area contributed by atoms with Crippen LogP contribution in [-0.2, 0) is 0 Å². The molecule has 0 bridgehead atoms. The lowest BCUT2D eigenvalue weighted by atomic mass is 9.83. The molecule has 0 unspecified atom stereocenters. The molecule has 1 atom stereocenters. The number of ether oxygens (including phenoxy) is 1. The minimum atomic E-state index is 0.102. The lowest BCUT2D eigenvalue weighted by molar-refractivity contribution is 0.460. The van der Waals surface area contributed by atoms with Gasteiger partial charge in [-0.15, -0.1) is 0 Å². The van der Waals surface area contributed by atoms with Crippen LogP contribution in [0.1, 0.15) is 17.0 Å². The van der Waals surface area contributed by atoms with E-state index in [1.807, 2.05) is 6.26 Å². The van der Waals surface area contributed by atoms with Crippen LogP contribution in [-0.4, -0.2) is 0 Å². The zero-order valence-electron chi connectivity index (χ0n) is 17.9. The maximum Gasteiger partial charge on any atom is 0.131 e. The molecule has 1 nitrogen and oxygen atoms in total. The maximum absolute atomic E-state index is 5.95. The predicted octanol–water partition coefficient (Wildman–Crippen LogP) is 8.97. The summed E-state index contributed by atoms with van der Waals surface area (Å²) in [6, 6.07) is 38.8. The minimum Gasteiger partial charge on any atom is -0.465 e. The second-order valence-corrected chi connectivity index (χ2v) is 9.26. The van der Waals surface area contributed by atoms with Gasteiger partial charge in [0, 0.05) is 16.0 Å². The van der Waals surface area contributed by atoms with E-state index in [4.69, 9.17) is 4.74 Å². The zero-order chi connectivity index (χ0) is 22.2. The van der Waals surface area contributed by atoms with E-state index in [-0.39, 0.29) is 5.92 Å². The van der Waals surface area contributed by atoms with Crippen molar-refractivity contribution in [2.75, 3.05) is 0 Å². The Labute approximate surface area is 202 Å². The predicted molar refractivity (Wildman–Crippen MR) is 141 cm³/mol. The minimum absolute atomic E-state index is 0.102. The molecule has 2 heteroatoms. The van der Waals surface area contributed by atoms with Gasteiger partial charge in [-0.05, 0) is 68.9 Å². The molecular formula is C31H21BrO. The highest BCUT2D eigenvalue weighted by molar-refractivity contribution is 9.10. The van der Waals surface area contributed by atoms with Crippen LogP contribution in [0.25, 0.3) is 33.0 Å². The van der Waals surface area contributed by atoms with Crippen molar-refractivity contribution in [3.8, 4) is 28.0 Å². The number of halogens is 1. The Morgan fingerprint density at radius 2 is 1.27 bits per heavy atom. The Morgan fingerprint density at radius 3 is 1.94 bits per heavy atom. The van der Waals surface area contributed by atoms with Gasteiger partial charge >= 0.3 is 0 Å².